The monoisotopic (exact) mass is 390 g/mol. The average Bonchev–Trinajstić information content (AvgIpc) is 2.99. The second kappa shape index (κ2) is 6.58. The quantitative estimate of drug-likeness (QED) is 0.739. The zero-order chi connectivity index (χ0) is 19.1. The number of halogens is 2. The first kappa shape index (κ1) is 17.3. The van der Waals surface area contributed by atoms with Gasteiger partial charge in [-0.15, -0.1) is 11.3 Å². The molecule has 1 aliphatic heterocycles. The number of benzene rings is 2. The third-order valence-electron chi connectivity index (χ3n) is 4.07. The molecule has 1 unspecified atom stereocenters. The van der Waals surface area contributed by atoms with E-state index in [1.807, 2.05) is 0 Å². The van der Waals surface area contributed by atoms with Crippen LogP contribution in [0.1, 0.15) is 11.4 Å². The number of aliphatic carboxylic acids is 1. The topological polar surface area (TPSA) is 79.7 Å². The predicted molar refractivity (Wildman–Crippen MR) is 93.8 cm³/mol. The van der Waals surface area contributed by atoms with Crippen molar-refractivity contribution in [2.24, 2.45) is 0 Å². The first-order valence-electron chi connectivity index (χ1n) is 7.95. The second-order valence-corrected chi connectivity index (χ2v) is 7.08. The molecule has 27 heavy (non-hydrogen) atoms. The Morgan fingerprint density at radius 1 is 1.22 bits per heavy atom. The van der Waals surface area contributed by atoms with Crippen molar-refractivity contribution in [1.29, 1.82) is 0 Å². The fourth-order valence-electron chi connectivity index (χ4n) is 2.90. The number of hydrogen-bond donors (Lipinski definition) is 1. The Balaban J connectivity index is 1.72. The van der Waals surface area contributed by atoms with Crippen molar-refractivity contribution < 1.29 is 28.2 Å². The summed E-state index contributed by atoms with van der Waals surface area (Å²) in [6.45, 7) is 0.0396. The summed E-state index contributed by atoms with van der Waals surface area (Å²) in [5, 5.41) is 9.55. The zero-order valence-electron chi connectivity index (χ0n) is 13.7. The van der Waals surface area contributed by atoms with Crippen LogP contribution in [0.4, 0.5) is 14.5 Å². The Bertz CT molecular complexity index is 1070. The highest BCUT2D eigenvalue weighted by Gasteiger charge is 2.36. The van der Waals surface area contributed by atoms with E-state index < -0.39 is 36.0 Å². The number of amides is 1. The molecule has 0 spiro atoms. The Labute approximate surface area is 155 Å². The first-order chi connectivity index (χ1) is 12.9. The number of rotatable bonds is 4. The molecule has 9 heteroatoms. The number of aromatic nitrogens is 1. The maximum Gasteiger partial charge on any atom is 0.307 e. The number of hydrogen-bond acceptors (Lipinski definition) is 5. The maximum absolute atomic E-state index is 13.6. The lowest BCUT2D eigenvalue weighted by Crippen LogP contribution is -2.46. The van der Waals surface area contributed by atoms with Gasteiger partial charge in [0, 0.05) is 12.1 Å². The Morgan fingerprint density at radius 2 is 1.96 bits per heavy atom. The molecule has 2 aromatic carbocycles. The minimum Gasteiger partial charge on any atom is -0.481 e. The highest BCUT2D eigenvalue weighted by atomic mass is 32.1. The van der Waals surface area contributed by atoms with E-state index in [4.69, 9.17) is 9.84 Å². The lowest BCUT2D eigenvalue weighted by atomic mass is 10.1. The van der Waals surface area contributed by atoms with E-state index in [2.05, 4.69) is 4.98 Å². The van der Waals surface area contributed by atoms with Gasteiger partial charge in [-0.3, -0.25) is 14.5 Å². The number of ether oxygens (including phenoxy) is 1. The van der Waals surface area contributed by atoms with E-state index >= 15 is 0 Å². The minimum absolute atomic E-state index is 0.0396. The number of anilines is 1. The normalized spacial score (nSPS) is 16.3. The van der Waals surface area contributed by atoms with Crippen LogP contribution in [0.2, 0.25) is 0 Å². The van der Waals surface area contributed by atoms with Gasteiger partial charge in [0.25, 0.3) is 5.91 Å². The van der Waals surface area contributed by atoms with Gasteiger partial charge in [-0.1, -0.05) is 0 Å². The van der Waals surface area contributed by atoms with E-state index in [1.165, 1.54) is 40.5 Å². The summed E-state index contributed by atoms with van der Waals surface area (Å²) in [7, 11) is 0. The van der Waals surface area contributed by atoms with Gasteiger partial charge in [0.15, 0.2) is 6.10 Å². The van der Waals surface area contributed by atoms with Gasteiger partial charge in [0.1, 0.15) is 22.4 Å². The molecule has 1 aromatic heterocycles. The highest BCUT2D eigenvalue weighted by molar-refractivity contribution is 7.18. The number of carbonyl (C=O) groups excluding carboxylic acids is 1. The van der Waals surface area contributed by atoms with Crippen LogP contribution in [0.15, 0.2) is 36.4 Å². The van der Waals surface area contributed by atoms with Crippen molar-refractivity contribution in [3.8, 4) is 5.75 Å². The summed E-state index contributed by atoms with van der Waals surface area (Å²) in [5.74, 6) is -2.64. The minimum atomic E-state index is -1.26. The number of carboxylic acid groups (broad SMARTS) is 1. The van der Waals surface area contributed by atoms with Crippen LogP contribution in [0, 0.1) is 11.6 Å². The summed E-state index contributed by atoms with van der Waals surface area (Å²) in [6, 6.07) is 7.92. The van der Waals surface area contributed by atoms with Crippen LogP contribution < -0.4 is 9.64 Å². The fraction of sp³-hybridized carbons (Fsp3) is 0.167. The molecule has 0 aliphatic carbocycles. The molecule has 1 aliphatic rings. The van der Waals surface area contributed by atoms with Crippen LogP contribution in [0.25, 0.3) is 10.2 Å². The van der Waals surface area contributed by atoms with Crippen molar-refractivity contribution in [3.63, 3.8) is 0 Å². The lowest BCUT2D eigenvalue weighted by molar-refractivity contribution is -0.142. The highest BCUT2D eigenvalue weighted by Crippen LogP contribution is 2.37. The molecule has 6 nitrogen and oxygen atoms in total. The summed E-state index contributed by atoms with van der Waals surface area (Å²) in [6.07, 6.45) is -1.81. The maximum atomic E-state index is 13.6. The molecule has 3 aromatic rings. The van der Waals surface area contributed by atoms with Crippen LogP contribution in [0.3, 0.4) is 0 Å². The molecule has 0 saturated carbocycles. The van der Waals surface area contributed by atoms with E-state index in [0.29, 0.717) is 16.2 Å². The van der Waals surface area contributed by atoms with Gasteiger partial charge in [-0.2, -0.15) is 0 Å². The molecule has 1 N–H and O–H groups in total. The Hall–Kier alpha value is -3.07. The fourth-order valence-corrected chi connectivity index (χ4v) is 3.84. The van der Waals surface area contributed by atoms with Crippen LogP contribution in [-0.2, 0) is 16.1 Å². The predicted octanol–water partition coefficient (Wildman–Crippen LogP) is 3.34. The summed E-state index contributed by atoms with van der Waals surface area (Å²) in [5.41, 5.74) is 0.797. The van der Waals surface area contributed by atoms with Crippen molar-refractivity contribution >= 4 is 39.1 Å². The smallest absolute Gasteiger partial charge is 0.307 e. The third-order valence-corrected chi connectivity index (χ3v) is 5.09. The first-order valence-corrected chi connectivity index (χ1v) is 8.77. The van der Waals surface area contributed by atoms with Gasteiger partial charge in [-0.25, -0.2) is 13.8 Å². The van der Waals surface area contributed by atoms with Gasteiger partial charge < -0.3 is 9.84 Å². The molecule has 1 amide bonds. The Morgan fingerprint density at radius 3 is 2.74 bits per heavy atom. The number of nitrogens with zero attached hydrogens (tertiary/aromatic N) is 2. The van der Waals surface area contributed by atoms with Crippen molar-refractivity contribution in [1.82, 2.24) is 4.98 Å². The molecule has 2 heterocycles. The molecule has 138 valence electrons. The number of carboxylic acids is 1. The van der Waals surface area contributed by atoms with Crippen molar-refractivity contribution in [2.45, 2.75) is 19.1 Å². The largest absolute Gasteiger partial charge is 0.481 e. The average molecular weight is 390 g/mol. The SMILES string of the molecule is O=C(O)CC1Oc2cc(F)ccc2N(Cc2nc3cc(F)ccc3s2)C1=O. The number of fused-ring (bicyclic) bond motifs is 2. The van der Waals surface area contributed by atoms with E-state index in [-0.39, 0.29) is 12.3 Å². The van der Waals surface area contributed by atoms with Crippen LogP contribution >= 0.6 is 11.3 Å². The zero-order valence-corrected chi connectivity index (χ0v) is 14.5. The van der Waals surface area contributed by atoms with E-state index in [0.717, 1.165) is 10.8 Å². The number of thiazole rings is 1. The molecule has 0 fully saturated rings. The summed E-state index contributed by atoms with van der Waals surface area (Å²) < 4.78 is 33.1. The van der Waals surface area contributed by atoms with E-state index in [9.17, 15) is 18.4 Å². The summed E-state index contributed by atoms with van der Waals surface area (Å²) >= 11 is 1.29. The standard InChI is InChI=1S/C18H12F2N2O4S/c19-9-2-4-15-11(5-9)21-16(27-15)8-22-12-3-1-10(20)6-13(12)26-14(18(22)25)7-17(23)24/h1-6,14H,7-8H2,(H,23,24). The molecule has 0 saturated heterocycles. The lowest BCUT2D eigenvalue weighted by Gasteiger charge is -2.33. The van der Waals surface area contributed by atoms with E-state index in [1.54, 1.807) is 6.07 Å². The second-order valence-electron chi connectivity index (χ2n) is 5.96. The Kier molecular flexibility index (Phi) is 4.23. The number of carbonyl (C=O) groups is 2. The summed E-state index contributed by atoms with van der Waals surface area (Å²) in [4.78, 5) is 29.4. The van der Waals surface area contributed by atoms with Crippen molar-refractivity contribution in [3.05, 3.63) is 53.0 Å². The third kappa shape index (κ3) is 3.33. The molecule has 1 atom stereocenters. The van der Waals surface area contributed by atoms with Crippen LogP contribution in [0.5, 0.6) is 5.75 Å². The van der Waals surface area contributed by atoms with Gasteiger partial charge in [-0.05, 0) is 24.3 Å². The van der Waals surface area contributed by atoms with Crippen molar-refractivity contribution in [2.75, 3.05) is 4.90 Å². The van der Waals surface area contributed by atoms with Crippen LogP contribution in [-0.4, -0.2) is 28.1 Å². The molecule has 0 bridgehead atoms. The molecular weight excluding hydrogens is 378 g/mol. The van der Waals surface area contributed by atoms with Gasteiger partial charge >= 0.3 is 5.97 Å². The molecule has 4 rings (SSSR count). The van der Waals surface area contributed by atoms with Gasteiger partial charge in [0.2, 0.25) is 0 Å². The molecular formula is C18H12F2N2O4S. The molecule has 0 radical (unpaired) electrons. The van der Waals surface area contributed by atoms with Gasteiger partial charge in [0.05, 0.1) is 28.9 Å².